The number of nitrogens with two attached hydrogens (primary N) is 2. The lowest BCUT2D eigenvalue weighted by molar-refractivity contribution is 1.32. The van der Waals surface area contributed by atoms with Gasteiger partial charge in [-0.1, -0.05) is 60.7 Å². The first-order valence-electron chi connectivity index (χ1n) is 11.2. The van der Waals surface area contributed by atoms with E-state index in [9.17, 15) is 0 Å². The second-order valence-corrected chi connectivity index (χ2v) is 8.40. The Morgan fingerprint density at radius 2 is 0.853 bits per heavy atom. The summed E-state index contributed by atoms with van der Waals surface area (Å²) in [5, 5.41) is 2.04. The first-order valence-corrected chi connectivity index (χ1v) is 11.2. The molecule has 4 aromatic carbocycles. The minimum absolute atomic E-state index is 0.715. The summed E-state index contributed by atoms with van der Waals surface area (Å²) < 4.78 is 0. The fourth-order valence-electron chi connectivity index (χ4n) is 4.46. The molecule has 0 spiro atoms. The number of nitrogens with zero attached hydrogens (tertiary/aromatic N) is 2. The first kappa shape index (κ1) is 19.9. The van der Waals surface area contributed by atoms with E-state index in [4.69, 9.17) is 21.4 Å². The fraction of sp³-hybridized carbons (Fsp3) is 0. The van der Waals surface area contributed by atoms with E-state index in [1.54, 1.807) is 0 Å². The standard InChI is InChI=1S/C30H22N4/c31-21-11-13-27-25(15-21)23(19-7-3-1-4-8-19)17-29(33-27)30-18-24(20-9-5-2-6-10-20)26-16-22(32)12-14-28(26)34-30/h1-18H,31-32H2. The van der Waals surface area contributed by atoms with Gasteiger partial charge >= 0.3 is 0 Å². The summed E-state index contributed by atoms with van der Waals surface area (Å²) >= 11 is 0. The van der Waals surface area contributed by atoms with E-state index in [0.717, 1.165) is 55.4 Å². The third-order valence-electron chi connectivity index (χ3n) is 6.10. The lowest BCUT2D eigenvalue weighted by atomic mass is 9.96. The number of nitrogen functional groups attached to an aromatic ring is 2. The van der Waals surface area contributed by atoms with Gasteiger partial charge in [0.15, 0.2) is 0 Å². The van der Waals surface area contributed by atoms with Crippen LogP contribution in [0.2, 0.25) is 0 Å². The second-order valence-electron chi connectivity index (χ2n) is 8.40. The highest BCUT2D eigenvalue weighted by atomic mass is 14.8. The van der Waals surface area contributed by atoms with Crippen LogP contribution >= 0.6 is 0 Å². The minimum Gasteiger partial charge on any atom is -0.399 e. The van der Waals surface area contributed by atoms with Crippen LogP contribution < -0.4 is 11.5 Å². The van der Waals surface area contributed by atoms with Crippen LogP contribution in [0.5, 0.6) is 0 Å². The molecule has 0 bridgehead atoms. The smallest absolute Gasteiger partial charge is 0.0900 e. The zero-order valence-corrected chi connectivity index (χ0v) is 18.4. The van der Waals surface area contributed by atoms with Crippen LogP contribution in [-0.2, 0) is 0 Å². The Kier molecular flexibility index (Phi) is 4.70. The van der Waals surface area contributed by atoms with Crippen LogP contribution in [0, 0.1) is 0 Å². The molecule has 0 saturated carbocycles. The molecular weight excluding hydrogens is 416 g/mol. The molecule has 4 N–H and O–H groups in total. The monoisotopic (exact) mass is 438 g/mol. The van der Waals surface area contributed by atoms with Gasteiger partial charge in [-0.25, -0.2) is 9.97 Å². The van der Waals surface area contributed by atoms with E-state index in [1.165, 1.54) is 0 Å². The van der Waals surface area contributed by atoms with Crippen molar-refractivity contribution in [2.24, 2.45) is 0 Å². The van der Waals surface area contributed by atoms with Crippen molar-refractivity contribution in [3.05, 3.63) is 109 Å². The highest BCUT2D eigenvalue weighted by Gasteiger charge is 2.14. The third-order valence-corrected chi connectivity index (χ3v) is 6.10. The quantitative estimate of drug-likeness (QED) is 0.293. The molecule has 34 heavy (non-hydrogen) atoms. The van der Waals surface area contributed by atoms with Gasteiger partial charge in [0, 0.05) is 22.1 Å². The van der Waals surface area contributed by atoms with Crippen molar-refractivity contribution >= 4 is 33.2 Å². The fourth-order valence-corrected chi connectivity index (χ4v) is 4.46. The highest BCUT2D eigenvalue weighted by molar-refractivity contribution is 6.00. The summed E-state index contributed by atoms with van der Waals surface area (Å²) in [6, 6.07) is 36.5. The summed E-state index contributed by atoms with van der Waals surface area (Å²) in [4.78, 5) is 9.98. The number of anilines is 2. The molecular formula is C30H22N4. The van der Waals surface area contributed by atoms with Crippen molar-refractivity contribution < 1.29 is 0 Å². The van der Waals surface area contributed by atoms with Crippen LogP contribution in [0.1, 0.15) is 0 Å². The van der Waals surface area contributed by atoms with Crippen LogP contribution in [0.25, 0.3) is 55.4 Å². The summed E-state index contributed by atoms with van der Waals surface area (Å²) in [5.74, 6) is 0. The number of fused-ring (bicyclic) bond motifs is 2. The lowest BCUT2D eigenvalue weighted by Gasteiger charge is -2.13. The molecule has 0 atom stereocenters. The molecule has 4 nitrogen and oxygen atoms in total. The van der Waals surface area contributed by atoms with Gasteiger partial charge in [0.05, 0.1) is 22.4 Å². The molecule has 0 aliphatic carbocycles. The number of pyridine rings is 2. The van der Waals surface area contributed by atoms with Crippen LogP contribution in [0.4, 0.5) is 11.4 Å². The molecule has 0 aliphatic heterocycles. The Bertz CT molecular complexity index is 1530. The molecule has 4 heteroatoms. The van der Waals surface area contributed by atoms with Gasteiger partial charge in [-0.3, -0.25) is 0 Å². The van der Waals surface area contributed by atoms with Crippen molar-refractivity contribution in [1.29, 1.82) is 0 Å². The highest BCUT2D eigenvalue weighted by Crippen LogP contribution is 2.36. The maximum Gasteiger partial charge on any atom is 0.0900 e. The molecule has 162 valence electrons. The average Bonchev–Trinajstić information content (AvgIpc) is 2.88. The SMILES string of the molecule is Nc1ccc2nc(-c3cc(-c4ccccc4)c4cc(N)ccc4n3)cc(-c3ccccc3)c2c1. The molecule has 0 saturated heterocycles. The van der Waals surface area contributed by atoms with E-state index in [-0.39, 0.29) is 0 Å². The molecule has 0 amide bonds. The molecule has 6 aromatic rings. The van der Waals surface area contributed by atoms with Crippen LogP contribution in [0.3, 0.4) is 0 Å². The first-order chi connectivity index (χ1) is 16.7. The van der Waals surface area contributed by atoms with Crippen molar-refractivity contribution in [1.82, 2.24) is 9.97 Å². The summed E-state index contributed by atoms with van der Waals surface area (Å²) in [6.45, 7) is 0. The predicted molar refractivity (Wildman–Crippen MR) is 142 cm³/mol. The zero-order valence-electron chi connectivity index (χ0n) is 18.4. The van der Waals surface area contributed by atoms with E-state index in [2.05, 4.69) is 36.4 Å². The van der Waals surface area contributed by atoms with E-state index < -0.39 is 0 Å². The van der Waals surface area contributed by atoms with Crippen LogP contribution in [-0.4, -0.2) is 9.97 Å². The van der Waals surface area contributed by atoms with Gasteiger partial charge in [-0.2, -0.15) is 0 Å². The maximum atomic E-state index is 6.13. The van der Waals surface area contributed by atoms with Gasteiger partial charge in [0.2, 0.25) is 0 Å². The van der Waals surface area contributed by atoms with Crippen molar-refractivity contribution in [2.75, 3.05) is 11.5 Å². The summed E-state index contributed by atoms with van der Waals surface area (Å²) in [6.07, 6.45) is 0. The molecule has 2 heterocycles. The number of benzene rings is 4. The Balaban J connectivity index is 1.65. The van der Waals surface area contributed by atoms with E-state index in [1.807, 2.05) is 72.8 Å². The Hall–Kier alpha value is -4.70. The second kappa shape index (κ2) is 8.01. The molecule has 6 rings (SSSR count). The van der Waals surface area contributed by atoms with Crippen molar-refractivity contribution in [3.63, 3.8) is 0 Å². The van der Waals surface area contributed by atoms with Gasteiger partial charge in [0.1, 0.15) is 0 Å². The zero-order chi connectivity index (χ0) is 23.1. The third kappa shape index (κ3) is 3.51. The van der Waals surface area contributed by atoms with Crippen LogP contribution in [0.15, 0.2) is 109 Å². The molecule has 0 fully saturated rings. The van der Waals surface area contributed by atoms with E-state index in [0.29, 0.717) is 11.4 Å². The Morgan fingerprint density at radius 3 is 1.26 bits per heavy atom. The molecule has 2 aromatic heterocycles. The summed E-state index contributed by atoms with van der Waals surface area (Å²) in [5.41, 5.74) is 21.4. The van der Waals surface area contributed by atoms with Crippen molar-refractivity contribution in [3.8, 4) is 33.6 Å². The maximum absolute atomic E-state index is 6.13. The van der Waals surface area contributed by atoms with Crippen molar-refractivity contribution in [2.45, 2.75) is 0 Å². The van der Waals surface area contributed by atoms with Gasteiger partial charge < -0.3 is 11.5 Å². The van der Waals surface area contributed by atoms with Gasteiger partial charge in [0.25, 0.3) is 0 Å². The number of hydrogen-bond acceptors (Lipinski definition) is 4. The summed E-state index contributed by atoms with van der Waals surface area (Å²) in [7, 11) is 0. The lowest BCUT2D eigenvalue weighted by Crippen LogP contribution is -1.96. The topological polar surface area (TPSA) is 77.8 Å². The number of aromatic nitrogens is 2. The Morgan fingerprint density at radius 1 is 0.441 bits per heavy atom. The van der Waals surface area contributed by atoms with Gasteiger partial charge in [-0.15, -0.1) is 0 Å². The molecule has 0 radical (unpaired) electrons. The molecule has 0 aliphatic rings. The minimum atomic E-state index is 0.715. The predicted octanol–water partition coefficient (Wildman–Crippen LogP) is 6.95. The van der Waals surface area contributed by atoms with Gasteiger partial charge in [-0.05, 0) is 70.8 Å². The molecule has 0 unspecified atom stereocenters. The average molecular weight is 439 g/mol. The number of hydrogen-bond donors (Lipinski definition) is 2. The van der Waals surface area contributed by atoms with E-state index >= 15 is 0 Å². The largest absolute Gasteiger partial charge is 0.399 e. The Labute approximate surface area is 197 Å². The normalized spacial score (nSPS) is 11.2. The number of rotatable bonds is 3.